The lowest BCUT2D eigenvalue weighted by Crippen LogP contribution is -2.49. The summed E-state index contributed by atoms with van der Waals surface area (Å²) in [5.41, 5.74) is 3.65. The van der Waals surface area contributed by atoms with Gasteiger partial charge in [-0.25, -0.2) is 0 Å². The van der Waals surface area contributed by atoms with Crippen LogP contribution < -0.4 is 4.57 Å². The Morgan fingerprint density at radius 3 is 2.50 bits per heavy atom. The van der Waals surface area contributed by atoms with Gasteiger partial charge in [-0.05, 0) is 24.8 Å². The molecule has 1 amide bonds. The minimum absolute atomic E-state index is 0.0150. The maximum atomic E-state index is 12.9. The first kappa shape index (κ1) is 16.7. The standard InChI is InChI=1S/C17H26N2O2Si/c1-7-21-18-15-14-10-8-9-13(11-12(2)3)16(14)19(17(15)20)22(4,5)6/h8-10,12H,7,11H2,1-6H3/b18-15-. The zero-order chi connectivity index (χ0) is 16.5. The number of hydrogen-bond acceptors (Lipinski definition) is 3. The lowest BCUT2D eigenvalue weighted by atomic mass is 9.98. The van der Waals surface area contributed by atoms with Crippen molar-refractivity contribution in [3.63, 3.8) is 0 Å². The summed E-state index contributed by atoms with van der Waals surface area (Å²) in [6.07, 6.45) is 0.958. The van der Waals surface area contributed by atoms with E-state index >= 15 is 0 Å². The van der Waals surface area contributed by atoms with E-state index in [2.05, 4.69) is 44.7 Å². The molecule has 1 heterocycles. The highest BCUT2D eigenvalue weighted by molar-refractivity contribution is 6.87. The summed E-state index contributed by atoms with van der Waals surface area (Å²) in [6.45, 7) is 13.3. The van der Waals surface area contributed by atoms with Crippen molar-refractivity contribution in [2.45, 2.75) is 46.8 Å². The Bertz CT molecular complexity index is 603. The van der Waals surface area contributed by atoms with Crippen molar-refractivity contribution in [2.75, 3.05) is 11.2 Å². The van der Waals surface area contributed by atoms with Gasteiger partial charge in [-0.2, -0.15) is 0 Å². The number of para-hydroxylation sites is 1. The first-order valence-corrected chi connectivity index (χ1v) is 11.4. The third-order valence-electron chi connectivity index (χ3n) is 3.59. The molecule has 1 aliphatic heterocycles. The number of oxime groups is 1. The third-order valence-corrected chi connectivity index (χ3v) is 5.36. The van der Waals surface area contributed by atoms with Crippen molar-refractivity contribution in [3.05, 3.63) is 29.3 Å². The molecule has 1 aromatic rings. The summed E-state index contributed by atoms with van der Waals surface area (Å²) >= 11 is 0. The number of anilines is 1. The van der Waals surface area contributed by atoms with Gasteiger partial charge in [-0.15, -0.1) is 0 Å². The number of fused-ring (bicyclic) bond motifs is 1. The van der Waals surface area contributed by atoms with Crippen molar-refractivity contribution in [2.24, 2.45) is 11.1 Å². The van der Waals surface area contributed by atoms with Gasteiger partial charge in [0.2, 0.25) is 0 Å². The molecule has 0 aromatic heterocycles. The van der Waals surface area contributed by atoms with Crippen molar-refractivity contribution in [1.29, 1.82) is 0 Å². The Morgan fingerprint density at radius 1 is 1.27 bits per heavy atom. The van der Waals surface area contributed by atoms with Crippen molar-refractivity contribution in [3.8, 4) is 0 Å². The number of hydrogen-bond donors (Lipinski definition) is 0. The molecule has 120 valence electrons. The summed E-state index contributed by atoms with van der Waals surface area (Å²) in [4.78, 5) is 18.1. The fourth-order valence-corrected chi connectivity index (χ4v) is 4.48. The second-order valence-electron chi connectivity index (χ2n) is 7.08. The first-order chi connectivity index (χ1) is 10.3. The van der Waals surface area contributed by atoms with Gasteiger partial charge in [0, 0.05) is 11.3 Å². The number of carbonyl (C=O) groups excluding carboxylic acids is 1. The molecule has 0 radical (unpaired) electrons. The van der Waals surface area contributed by atoms with Gasteiger partial charge in [0.05, 0.1) is 0 Å². The van der Waals surface area contributed by atoms with Gasteiger partial charge in [-0.1, -0.05) is 56.8 Å². The van der Waals surface area contributed by atoms with Crippen LogP contribution in [0.4, 0.5) is 5.69 Å². The van der Waals surface area contributed by atoms with Gasteiger partial charge in [0.25, 0.3) is 5.91 Å². The zero-order valence-corrected chi connectivity index (χ0v) is 15.4. The molecule has 0 saturated heterocycles. The fourth-order valence-electron chi connectivity index (χ4n) is 2.83. The van der Waals surface area contributed by atoms with Crippen molar-refractivity contribution in [1.82, 2.24) is 0 Å². The van der Waals surface area contributed by atoms with Crippen LogP contribution >= 0.6 is 0 Å². The second kappa shape index (κ2) is 6.24. The normalized spacial score (nSPS) is 16.6. The lowest BCUT2D eigenvalue weighted by molar-refractivity contribution is -0.111. The van der Waals surface area contributed by atoms with Crippen molar-refractivity contribution >= 4 is 25.5 Å². The maximum absolute atomic E-state index is 12.9. The number of benzene rings is 1. The summed E-state index contributed by atoms with van der Waals surface area (Å²) in [5, 5.41) is 4.10. The zero-order valence-electron chi connectivity index (χ0n) is 14.4. The highest BCUT2D eigenvalue weighted by Crippen LogP contribution is 2.37. The van der Waals surface area contributed by atoms with Crippen LogP contribution in [0, 0.1) is 5.92 Å². The smallest absolute Gasteiger partial charge is 0.273 e. The van der Waals surface area contributed by atoms with Crippen LogP contribution in [0.3, 0.4) is 0 Å². The molecule has 4 nitrogen and oxygen atoms in total. The lowest BCUT2D eigenvalue weighted by Gasteiger charge is -2.32. The van der Waals surface area contributed by atoms with E-state index < -0.39 is 8.24 Å². The van der Waals surface area contributed by atoms with Crippen LogP contribution in [0.1, 0.15) is 31.9 Å². The largest absolute Gasteiger partial charge is 0.395 e. The van der Waals surface area contributed by atoms with E-state index in [-0.39, 0.29) is 5.91 Å². The molecule has 22 heavy (non-hydrogen) atoms. The van der Waals surface area contributed by atoms with Crippen LogP contribution in [-0.2, 0) is 16.1 Å². The monoisotopic (exact) mass is 318 g/mol. The Morgan fingerprint density at radius 2 is 1.95 bits per heavy atom. The van der Waals surface area contributed by atoms with Gasteiger partial charge in [0.15, 0.2) is 13.9 Å². The molecule has 0 bridgehead atoms. The second-order valence-corrected chi connectivity index (χ2v) is 11.9. The molecule has 0 atom stereocenters. The quantitative estimate of drug-likeness (QED) is 0.612. The molecule has 0 N–H and O–H groups in total. The molecular formula is C17H26N2O2Si. The molecular weight excluding hydrogens is 292 g/mol. The van der Waals surface area contributed by atoms with E-state index in [0.717, 1.165) is 17.7 Å². The highest BCUT2D eigenvalue weighted by Gasteiger charge is 2.42. The van der Waals surface area contributed by atoms with Gasteiger partial charge < -0.3 is 9.40 Å². The van der Waals surface area contributed by atoms with E-state index in [4.69, 9.17) is 4.84 Å². The number of nitrogens with zero attached hydrogens (tertiary/aromatic N) is 2. The summed E-state index contributed by atoms with van der Waals surface area (Å²) < 4.78 is 2.00. The molecule has 0 aliphatic carbocycles. The van der Waals surface area contributed by atoms with Crippen LogP contribution in [0.25, 0.3) is 0 Å². The Kier molecular flexibility index (Phi) is 4.75. The van der Waals surface area contributed by atoms with E-state index in [1.807, 2.05) is 23.6 Å². The van der Waals surface area contributed by atoms with Gasteiger partial charge in [0.1, 0.15) is 6.61 Å². The summed E-state index contributed by atoms with van der Waals surface area (Å²) in [5.74, 6) is 0.525. The highest BCUT2D eigenvalue weighted by atomic mass is 28.3. The molecule has 2 rings (SSSR count). The topological polar surface area (TPSA) is 41.9 Å². The predicted molar refractivity (Wildman–Crippen MR) is 94.0 cm³/mol. The fraction of sp³-hybridized carbons (Fsp3) is 0.529. The van der Waals surface area contributed by atoms with E-state index in [0.29, 0.717) is 18.2 Å². The van der Waals surface area contributed by atoms with Crippen molar-refractivity contribution < 1.29 is 9.63 Å². The first-order valence-electron chi connectivity index (χ1n) is 7.94. The number of carbonyl (C=O) groups is 1. The van der Waals surface area contributed by atoms with Crippen LogP contribution in [0.2, 0.25) is 19.6 Å². The van der Waals surface area contributed by atoms with E-state index in [1.54, 1.807) is 0 Å². The molecule has 0 unspecified atom stereocenters. The Balaban J connectivity index is 2.63. The SMILES string of the molecule is CCO/N=C1\C(=O)N([Si](C)(C)C)c2c(CC(C)C)cccc21. The van der Waals surface area contributed by atoms with Gasteiger partial charge >= 0.3 is 0 Å². The molecule has 1 aliphatic rings. The molecule has 0 spiro atoms. The number of amides is 1. The maximum Gasteiger partial charge on any atom is 0.273 e. The molecule has 0 fully saturated rings. The van der Waals surface area contributed by atoms with E-state index in [1.165, 1.54) is 5.56 Å². The molecule has 1 aromatic carbocycles. The minimum atomic E-state index is -1.85. The minimum Gasteiger partial charge on any atom is -0.395 e. The predicted octanol–water partition coefficient (Wildman–Crippen LogP) is 3.81. The average Bonchev–Trinajstić information content (AvgIpc) is 2.69. The van der Waals surface area contributed by atoms with E-state index in [9.17, 15) is 4.79 Å². The third kappa shape index (κ3) is 3.09. The number of rotatable bonds is 5. The van der Waals surface area contributed by atoms with Gasteiger partial charge in [-0.3, -0.25) is 4.79 Å². The summed E-state index contributed by atoms with van der Waals surface area (Å²) in [6, 6.07) is 6.12. The summed E-state index contributed by atoms with van der Waals surface area (Å²) in [7, 11) is -1.85. The van der Waals surface area contributed by atoms with Crippen LogP contribution in [-0.4, -0.2) is 26.5 Å². The Hall–Kier alpha value is -1.62. The Labute approximate surface area is 134 Å². The van der Waals surface area contributed by atoms with Crippen LogP contribution in [0.15, 0.2) is 23.4 Å². The average molecular weight is 318 g/mol. The van der Waals surface area contributed by atoms with Crippen LogP contribution in [0.5, 0.6) is 0 Å². The molecule has 5 heteroatoms. The molecule has 0 saturated carbocycles.